The van der Waals surface area contributed by atoms with E-state index in [4.69, 9.17) is 4.74 Å². The largest absolute Gasteiger partial charge is 0.380 e. The summed E-state index contributed by atoms with van der Waals surface area (Å²) in [6.45, 7) is 7.28. The Morgan fingerprint density at radius 3 is 2.48 bits per heavy atom. The van der Waals surface area contributed by atoms with Crippen LogP contribution in [0.2, 0.25) is 0 Å². The summed E-state index contributed by atoms with van der Waals surface area (Å²) in [6, 6.07) is 18.7. The molecule has 0 saturated carbocycles. The van der Waals surface area contributed by atoms with Gasteiger partial charge in [0.1, 0.15) is 0 Å². The molecule has 5 heteroatoms. The van der Waals surface area contributed by atoms with Crippen molar-refractivity contribution in [2.24, 2.45) is 0 Å². The van der Waals surface area contributed by atoms with Crippen LogP contribution in [0, 0.1) is 0 Å². The number of piperazine rings is 1. The molecule has 0 radical (unpaired) electrons. The van der Waals surface area contributed by atoms with Crippen molar-refractivity contribution < 1.29 is 9.53 Å². The molecule has 27 heavy (non-hydrogen) atoms. The predicted octanol–water partition coefficient (Wildman–Crippen LogP) is 3.96. The molecule has 144 valence electrons. The molecule has 2 aromatic rings. The Hall–Kier alpha value is -2.37. The van der Waals surface area contributed by atoms with Gasteiger partial charge in [-0.05, 0) is 25.5 Å². The van der Waals surface area contributed by atoms with E-state index in [1.807, 2.05) is 35.2 Å². The zero-order valence-corrected chi connectivity index (χ0v) is 16.4. The Kier molecular flexibility index (Phi) is 6.48. The van der Waals surface area contributed by atoms with Crippen LogP contribution in [0.25, 0.3) is 0 Å². The quantitative estimate of drug-likeness (QED) is 0.870. The van der Waals surface area contributed by atoms with Gasteiger partial charge in [-0.1, -0.05) is 48.5 Å². The molecule has 1 heterocycles. The fraction of sp³-hybridized carbons (Fsp3) is 0.409. The van der Waals surface area contributed by atoms with Crippen LogP contribution in [0.1, 0.15) is 25.0 Å². The standard InChI is InChI=1S/C22H29N3O2/c1-17-14-25(18(2)13-24(17)15-19-9-5-4-6-10-19)22(26)23-21-12-8-7-11-20(21)16-27-3/h4-12,17-18H,13-16H2,1-3H3,(H,23,26)/t17-,18-/m0/s1. The zero-order valence-electron chi connectivity index (χ0n) is 16.4. The third-order valence-corrected chi connectivity index (χ3v) is 5.16. The molecule has 1 aliphatic heterocycles. The van der Waals surface area contributed by atoms with E-state index < -0.39 is 0 Å². The minimum Gasteiger partial charge on any atom is -0.380 e. The van der Waals surface area contributed by atoms with Crippen LogP contribution in [-0.2, 0) is 17.9 Å². The monoisotopic (exact) mass is 367 g/mol. The van der Waals surface area contributed by atoms with Crippen molar-refractivity contribution in [3.05, 3.63) is 65.7 Å². The van der Waals surface area contributed by atoms with E-state index in [0.717, 1.165) is 24.3 Å². The van der Waals surface area contributed by atoms with Gasteiger partial charge < -0.3 is 15.0 Å². The van der Waals surface area contributed by atoms with E-state index in [1.165, 1.54) is 5.56 Å². The summed E-state index contributed by atoms with van der Waals surface area (Å²) in [7, 11) is 1.66. The Labute approximate surface area is 161 Å². The first-order chi connectivity index (χ1) is 13.1. The fourth-order valence-electron chi connectivity index (χ4n) is 3.63. The van der Waals surface area contributed by atoms with Gasteiger partial charge in [-0.25, -0.2) is 4.79 Å². The Morgan fingerprint density at radius 1 is 1.04 bits per heavy atom. The second-order valence-corrected chi connectivity index (χ2v) is 7.29. The number of hydrogen-bond donors (Lipinski definition) is 1. The van der Waals surface area contributed by atoms with E-state index in [1.54, 1.807) is 7.11 Å². The summed E-state index contributed by atoms with van der Waals surface area (Å²) < 4.78 is 5.23. The average Bonchev–Trinajstić information content (AvgIpc) is 2.67. The number of benzene rings is 2. The summed E-state index contributed by atoms with van der Waals surface area (Å²) in [4.78, 5) is 17.3. The molecule has 1 fully saturated rings. The number of nitrogens with zero attached hydrogens (tertiary/aromatic N) is 2. The van der Waals surface area contributed by atoms with Crippen LogP contribution >= 0.6 is 0 Å². The van der Waals surface area contributed by atoms with Crippen LogP contribution in [0.4, 0.5) is 10.5 Å². The second kappa shape index (κ2) is 9.02. The van der Waals surface area contributed by atoms with Gasteiger partial charge in [-0.2, -0.15) is 0 Å². The summed E-state index contributed by atoms with van der Waals surface area (Å²) in [5.41, 5.74) is 3.11. The number of amides is 2. The van der Waals surface area contributed by atoms with Crippen molar-refractivity contribution in [3.63, 3.8) is 0 Å². The first-order valence-electron chi connectivity index (χ1n) is 9.51. The highest BCUT2D eigenvalue weighted by Gasteiger charge is 2.32. The maximum absolute atomic E-state index is 12.9. The molecule has 1 saturated heterocycles. The molecular formula is C22H29N3O2. The molecule has 5 nitrogen and oxygen atoms in total. The van der Waals surface area contributed by atoms with Crippen molar-refractivity contribution in [3.8, 4) is 0 Å². The van der Waals surface area contributed by atoms with Crippen LogP contribution in [0.15, 0.2) is 54.6 Å². The first kappa shape index (κ1) is 19.4. The number of ether oxygens (including phenoxy) is 1. The van der Waals surface area contributed by atoms with Crippen molar-refractivity contribution in [2.75, 3.05) is 25.5 Å². The number of rotatable bonds is 5. The van der Waals surface area contributed by atoms with Gasteiger partial charge in [0.2, 0.25) is 0 Å². The van der Waals surface area contributed by atoms with Gasteiger partial charge in [0.15, 0.2) is 0 Å². The second-order valence-electron chi connectivity index (χ2n) is 7.29. The molecule has 0 spiro atoms. The maximum Gasteiger partial charge on any atom is 0.322 e. The Balaban J connectivity index is 1.64. The van der Waals surface area contributed by atoms with Crippen molar-refractivity contribution in [1.82, 2.24) is 9.80 Å². The number of methoxy groups -OCH3 is 1. The minimum absolute atomic E-state index is 0.0442. The normalized spacial score (nSPS) is 20.5. The van der Waals surface area contributed by atoms with Crippen molar-refractivity contribution in [2.45, 2.75) is 39.1 Å². The molecule has 0 aliphatic carbocycles. The summed E-state index contributed by atoms with van der Waals surface area (Å²) in [5, 5.41) is 3.07. The number of nitrogens with one attached hydrogen (secondary N) is 1. The molecule has 1 N–H and O–H groups in total. The van der Waals surface area contributed by atoms with E-state index in [0.29, 0.717) is 19.2 Å². The number of carbonyl (C=O) groups excluding carboxylic acids is 1. The highest BCUT2D eigenvalue weighted by Crippen LogP contribution is 2.21. The van der Waals surface area contributed by atoms with Gasteiger partial charge in [0.05, 0.1) is 6.61 Å². The Bertz CT molecular complexity index is 750. The lowest BCUT2D eigenvalue weighted by atomic mass is 10.1. The van der Waals surface area contributed by atoms with E-state index in [2.05, 4.69) is 48.3 Å². The van der Waals surface area contributed by atoms with Crippen LogP contribution in [0.3, 0.4) is 0 Å². The Morgan fingerprint density at radius 2 is 1.74 bits per heavy atom. The molecule has 2 atom stereocenters. The number of carbonyl (C=O) groups is 1. The van der Waals surface area contributed by atoms with Crippen LogP contribution in [-0.4, -0.2) is 48.1 Å². The van der Waals surface area contributed by atoms with Crippen molar-refractivity contribution in [1.29, 1.82) is 0 Å². The third-order valence-electron chi connectivity index (χ3n) is 5.16. The van der Waals surface area contributed by atoms with Gasteiger partial charge in [0, 0.05) is 50.1 Å². The fourth-order valence-corrected chi connectivity index (χ4v) is 3.63. The van der Waals surface area contributed by atoms with Gasteiger partial charge in [-0.15, -0.1) is 0 Å². The predicted molar refractivity (Wildman–Crippen MR) is 109 cm³/mol. The van der Waals surface area contributed by atoms with Gasteiger partial charge >= 0.3 is 6.03 Å². The first-order valence-corrected chi connectivity index (χ1v) is 9.51. The molecule has 3 rings (SSSR count). The van der Waals surface area contributed by atoms with E-state index >= 15 is 0 Å². The molecule has 0 unspecified atom stereocenters. The number of para-hydroxylation sites is 1. The zero-order chi connectivity index (χ0) is 19.2. The van der Waals surface area contributed by atoms with Crippen LogP contribution < -0.4 is 5.32 Å². The molecule has 2 aromatic carbocycles. The third kappa shape index (κ3) is 4.87. The molecule has 0 bridgehead atoms. The number of urea groups is 1. The lowest BCUT2D eigenvalue weighted by molar-refractivity contribution is 0.0627. The number of anilines is 1. The lowest BCUT2D eigenvalue weighted by Crippen LogP contribution is -2.58. The molecule has 1 aliphatic rings. The molecule has 0 aromatic heterocycles. The topological polar surface area (TPSA) is 44.8 Å². The van der Waals surface area contributed by atoms with E-state index in [9.17, 15) is 4.79 Å². The highest BCUT2D eigenvalue weighted by molar-refractivity contribution is 5.90. The summed E-state index contributed by atoms with van der Waals surface area (Å²) in [5.74, 6) is 0. The minimum atomic E-state index is -0.0442. The number of hydrogen-bond acceptors (Lipinski definition) is 3. The van der Waals surface area contributed by atoms with Gasteiger partial charge in [-0.3, -0.25) is 4.90 Å². The lowest BCUT2D eigenvalue weighted by Gasteiger charge is -2.44. The average molecular weight is 367 g/mol. The summed E-state index contributed by atoms with van der Waals surface area (Å²) in [6.07, 6.45) is 0. The van der Waals surface area contributed by atoms with Gasteiger partial charge in [0.25, 0.3) is 0 Å². The maximum atomic E-state index is 12.9. The summed E-state index contributed by atoms with van der Waals surface area (Å²) >= 11 is 0. The SMILES string of the molecule is COCc1ccccc1NC(=O)N1C[C@H](C)N(Cc2ccccc2)C[C@@H]1C. The smallest absolute Gasteiger partial charge is 0.322 e. The molecular weight excluding hydrogens is 338 g/mol. The molecule has 2 amide bonds. The van der Waals surface area contributed by atoms with Crippen LogP contribution in [0.5, 0.6) is 0 Å². The van der Waals surface area contributed by atoms with Crippen molar-refractivity contribution >= 4 is 11.7 Å². The van der Waals surface area contributed by atoms with E-state index in [-0.39, 0.29) is 12.1 Å². The highest BCUT2D eigenvalue weighted by atomic mass is 16.5.